The number of benzene rings is 1. The highest BCUT2D eigenvalue weighted by Gasteiger charge is 2.27. The molecule has 0 radical (unpaired) electrons. The van der Waals surface area contributed by atoms with E-state index in [0.717, 1.165) is 0 Å². The number of piperazine rings is 1. The van der Waals surface area contributed by atoms with Crippen LogP contribution in [0.4, 0.5) is 13.2 Å². The summed E-state index contributed by atoms with van der Waals surface area (Å²) in [6.45, 7) is 1.16. The second-order valence-electron chi connectivity index (χ2n) is 5.83. The number of thioether (sulfide) groups is 1. The van der Waals surface area contributed by atoms with Crippen molar-refractivity contribution in [3.05, 3.63) is 59.5 Å². The van der Waals surface area contributed by atoms with E-state index in [1.165, 1.54) is 47.5 Å². The summed E-state index contributed by atoms with van der Waals surface area (Å²) < 4.78 is 38.3. The zero-order valence-corrected chi connectivity index (χ0v) is 15.0. The third-order valence-corrected chi connectivity index (χ3v) is 4.87. The van der Waals surface area contributed by atoms with Gasteiger partial charge in [0.2, 0.25) is 0 Å². The van der Waals surface area contributed by atoms with E-state index in [2.05, 4.69) is 4.98 Å². The van der Waals surface area contributed by atoms with Crippen molar-refractivity contribution in [3.63, 3.8) is 0 Å². The molecular weight excluding hydrogens is 379 g/mol. The minimum atomic E-state index is -2.67. The van der Waals surface area contributed by atoms with Crippen LogP contribution in [0.5, 0.6) is 0 Å². The van der Waals surface area contributed by atoms with Gasteiger partial charge >= 0.3 is 0 Å². The van der Waals surface area contributed by atoms with Gasteiger partial charge in [-0.15, -0.1) is 0 Å². The third kappa shape index (κ3) is 4.60. The minimum absolute atomic E-state index is 0.0117. The van der Waals surface area contributed by atoms with Crippen LogP contribution in [0.3, 0.4) is 0 Å². The monoisotopic (exact) mass is 395 g/mol. The summed E-state index contributed by atoms with van der Waals surface area (Å²) in [5.41, 5.74) is 0.500. The zero-order chi connectivity index (χ0) is 19.4. The number of rotatable bonds is 4. The number of alkyl halides is 2. The summed E-state index contributed by atoms with van der Waals surface area (Å²) in [6.07, 6.45) is 1.36. The summed E-state index contributed by atoms with van der Waals surface area (Å²) in [4.78, 5) is 32.1. The molecule has 142 valence electrons. The van der Waals surface area contributed by atoms with Crippen LogP contribution in [0.25, 0.3) is 0 Å². The summed E-state index contributed by atoms with van der Waals surface area (Å²) >= 11 is 0.234. The van der Waals surface area contributed by atoms with Crippen LogP contribution in [0, 0.1) is 5.82 Å². The lowest BCUT2D eigenvalue weighted by atomic mass is 10.1. The van der Waals surface area contributed by atoms with Crippen LogP contribution in [-0.2, 0) is 0 Å². The van der Waals surface area contributed by atoms with Crippen molar-refractivity contribution >= 4 is 23.6 Å². The standard InChI is InChI=1S/C18H16F3N3O2S/c19-13-5-3-12(4-6-13)16(25)23-8-10-24(11-9-23)17(26)14-2-1-7-22-15(14)27-18(20)21/h1-7,18H,8-11H2. The van der Waals surface area contributed by atoms with Gasteiger partial charge in [-0.3, -0.25) is 9.59 Å². The average molecular weight is 395 g/mol. The van der Waals surface area contributed by atoms with Gasteiger partial charge in [-0.2, -0.15) is 8.78 Å². The molecule has 0 unspecified atom stereocenters. The van der Waals surface area contributed by atoms with Gasteiger partial charge in [0.25, 0.3) is 17.6 Å². The smallest absolute Gasteiger partial charge is 0.290 e. The van der Waals surface area contributed by atoms with Crippen molar-refractivity contribution in [2.24, 2.45) is 0 Å². The number of carbonyl (C=O) groups is 2. The van der Waals surface area contributed by atoms with E-state index >= 15 is 0 Å². The van der Waals surface area contributed by atoms with E-state index in [1.54, 1.807) is 4.90 Å². The fraction of sp³-hybridized carbons (Fsp3) is 0.278. The number of nitrogens with zero attached hydrogens (tertiary/aromatic N) is 3. The van der Waals surface area contributed by atoms with Crippen molar-refractivity contribution in [2.75, 3.05) is 26.2 Å². The molecule has 5 nitrogen and oxygen atoms in total. The van der Waals surface area contributed by atoms with Crippen molar-refractivity contribution in [2.45, 2.75) is 10.8 Å². The molecule has 0 aliphatic carbocycles. The molecule has 0 spiro atoms. The molecule has 0 bridgehead atoms. The molecule has 9 heteroatoms. The maximum absolute atomic E-state index is 13.0. The first-order valence-electron chi connectivity index (χ1n) is 8.19. The van der Waals surface area contributed by atoms with Crippen molar-refractivity contribution in [3.8, 4) is 0 Å². The van der Waals surface area contributed by atoms with E-state index in [-0.39, 0.29) is 47.3 Å². The maximum Gasteiger partial charge on any atom is 0.290 e. The number of aromatic nitrogens is 1. The van der Waals surface area contributed by atoms with Gasteiger partial charge in [0.05, 0.1) is 5.56 Å². The Morgan fingerprint density at radius 1 is 0.963 bits per heavy atom. The topological polar surface area (TPSA) is 53.5 Å². The average Bonchev–Trinajstić information content (AvgIpc) is 2.68. The Morgan fingerprint density at radius 2 is 1.56 bits per heavy atom. The molecule has 1 aliphatic heterocycles. The Morgan fingerprint density at radius 3 is 2.15 bits per heavy atom. The Balaban J connectivity index is 1.64. The maximum atomic E-state index is 13.0. The van der Waals surface area contributed by atoms with Crippen LogP contribution in [0.15, 0.2) is 47.6 Å². The lowest BCUT2D eigenvalue weighted by molar-refractivity contribution is 0.0533. The van der Waals surface area contributed by atoms with E-state index in [1.807, 2.05) is 0 Å². The second kappa shape index (κ2) is 8.43. The zero-order valence-electron chi connectivity index (χ0n) is 14.1. The first kappa shape index (κ1) is 19.2. The van der Waals surface area contributed by atoms with Crippen LogP contribution in [0.2, 0.25) is 0 Å². The number of hydrogen-bond acceptors (Lipinski definition) is 4. The van der Waals surface area contributed by atoms with E-state index in [4.69, 9.17) is 0 Å². The fourth-order valence-electron chi connectivity index (χ4n) is 2.79. The lowest BCUT2D eigenvalue weighted by Gasteiger charge is -2.35. The van der Waals surface area contributed by atoms with Crippen molar-refractivity contribution < 1.29 is 22.8 Å². The summed E-state index contributed by atoms with van der Waals surface area (Å²) in [6, 6.07) is 8.26. The van der Waals surface area contributed by atoms with Crippen molar-refractivity contribution in [1.82, 2.24) is 14.8 Å². The molecule has 1 fully saturated rings. The predicted molar refractivity (Wildman–Crippen MR) is 94.3 cm³/mol. The SMILES string of the molecule is O=C(c1ccc(F)cc1)N1CCN(C(=O)c2cccnc2SC(F)F)CC1. The molecule has 1 aromatic heterocycles. The Bertz CT molecular complexity index is 825. The Labute approximate surface area is 158 Å². The quantitative estimate of drug-likeness (QED) is 0.747. The first-order chi connectivity index (χ1) is 13.0. The van der Waals surface area contributed by atoms with Crippen LogP contribution < -0.4 is 0 Å². The van der Waals surface area contributed by atoms with Gasteiger partial charge in [0.15, 0.2) is 0 Å². The molecule has 1 aromatic carbocycles. The molecule has 0 atom stereocenters. The number of hydrogen-bond donors (Lipinski definition) is 0. The van der Waals surface area contributed by atoms with E-state index in [0.29, 0.717) is 18.7 Å². The normalized spacial score (nSPS) is 14.5. The molecule has 27 heavy (non-hydrogen) atoms. The molecule has 2 amide bonds. The van der Waals surface area contributed by atoms with Crippen LogP contribution in [0.1, 0.15) is 20.7 Å². The van der Waals surface area contributed by atoms with Gasteiger partial charge in [0.1, 0.15) is 10.8 Å². The first-order valence-corrected chi connectivity index (χ1v) is 9.07. The highest BCUT2D eigenvalue weighted by Crippen LogP contribution is 2.27. The molecule has 1 saturated heterocycles. The summed E-state index contributed by atoms with van der Waals surface area (Å²) in [7, 11) is 0. The Kier molecular flexibility index (Phi) is 6.00. The van der Waals surface area contributed by atoms with Gasteiger partial charge in [-0.25, -0.2) is 9.37 Å². The Hall–Kier alpha value is -2.55. The molecule has 0 saturated carbocycles. The number of pyridine rings is 1. The van der Waals surface area contributed by atoms with Crippen LogP contribution >= 0.6 is 11.8 Å². The molecule has 3 rings (SSSR count). The fourth-order valence-corrected chi connectivity index (χ4v) is 3.36. The highest BCUT2D eigenvalue weighted by molar-refractivity contribution is 7.99. The van der Waals surface area contributed by atoms with E-state index < -0.39 is 11.6 Å². The number of halogens is 3. The number of carbonyl (C=O) groups excluding carboxylic acids is 2. The minimum Gasteiger partial charge on any atom is -0.335 e. The van der Waals surface area contributed by atoms with Gasteiger partial charge in [-0.1, -0.05) is 0 Å². The van der Waals surface area contributed by atoms with Gasteiger partial charge < -0.3 is 9.80 Å². The lowest BCUT2D eigenvalue weighted by Crippen LogP contribution is -2.50. The van der Waals surface area contributed by atoms with Crippen LogP contribution in [-0.4, -0.2) is 58.5 Å². The number of amides is 2. The molecule has 0 N–H and O–H groups in total. The van der Waals surface area contributed by atoms with Crippen molar-refractivity contribution in [1.29, 1.82) is 0 Å². The molecule has 2 heterocycles. The summed E-state index contributed by atoms with van der Waals surface area (Å²) in [5.74, 6) is -3.72. The second-order valence-corrected chi connectivity index (χ2v) is 6.80. The predicted octanol–water partition coefficient (Wildman–Crippen LogP) is 3.13. The molecule has 2 aromatic rings. The largest absolute Gasteiger partial charge is 0.335 e. The van der Waals surface area contributed by atoms with Gasteiger partial charge in [0, 0.05) is 37.9 Å². The van der Waals surface area contributed by atoms with Gasteiger partial charge in [-0.05, 0) is 48.2 Å². The molecular formula is C18H16F3N3O2S. The van der Waals surface area contributed by atoms with E-state index in [9.17, 15) is 22.8 Å². The molecule has 1 aliphatic rings. The third-order valence-electron chi connectivity index (χ3n) is 4.15. The summed E-state index contributed by atoms with van der Waals surface area (Å²) in [5, 5.41) is -0.0117. The highest BCUT2D eigenvalue weighted by atomic mass is 32.2.